The van der Waals surface area contributed by atoms with Crippen molar-refractivity contribution in [1.29, 1.82) is 0 Å². The molecule has 114 valence electrons. The highest BCUT2D eigenvalue weighted by Crippen LogP contribution is 2.60. The van der Waals surface area contributed by atoms with Gasteiger partial charge in [-0.1, -0.05) is 6.92 Å². The number of hydrogen-bond donors (Lipinski definition) is 1. The molecular formula is C18H32N2. The highest BCUT2D eigenvalue weighted by molar-refractivity contribution is 5.03. The summed E-state index contributed by atoms with van der Waals surface area (Å²) in [5.41, 5.74) is 0.724. The third-order valence-corrected chi connectivity index (χ3v) is 6.90. The van der Waals surface area contributed by atoms with Gasteiger partial charge in [0.25, 0.3) is 0 Å². The summed E-state index contributed by atoms with van der Waals surface area (Å²) in [6.45, 7) is 7.54. The van der Waals surface area contributed by atoms with Gasteiger partial charge in [-0.25, -0.2) is 0 Å². The molecule has 0 aromatic rings. The molecule has 4 saturated carbocycles. The van der Waals surface area contributed by atoms with E-state index in [0.717, 1.165) is 29.2 Å². The van der Waals surface area contributed by atoms with Gasteiger partial charge in [0.15, 0.2) is 0 Å². The fourth-order valence-electron chi connectivity index (χ4n) is 6.56. The molecule has 20 heavy (non-hydrogen) atoms. The first-order valence-electron chi connectivity index (χ1n) is 9.21. The molecule has 5 fully saturated rings. The van der Waals surface area contributed by atoms with Crippen molar-refractivity contribution < 1.29 is 0 Å². The molecule has 4 aliphatic carbocycles. The zero-order chi connectivity index (χ0) is 13.6. The van der Waals surface area contributed by atoms with Gasteiger partial charge in [0.1, 0.15) is 0 Å². The van der Waals surface area contributed by atoms with Crippen LogP contribution in [0.2, 0.25) is 0 Å². The van der Waals surface area contributed by atoms with E-state index in [9.17, 15) is 0 Å². The zero-order valence-electron chi connectivity index (χ0n) is 13.2. The van der Waals surface area contributed by atoms with Crippen molar-refractivity contribution in [2.24, 2.45) is 23.2 Å². The van der Waals surface area contributed by atoms with Crippen LogP contribution >= 0.6 is 0 Å². The highest BCUT2D eigenvalue weighted by atomic mass is 15.2. The lowest BCUT2D eigenvalue weighted by atomic mass is 9.49. The Morgan fingerprint density at radius 3 is 2.20 bits per heavy atom. The Morgan fingerprint density at radius 2 is 1.70 bits per heavy atom. The predicted octanol–water partition coefficient (Wildman–Crippen LogP) is 3.28. The van der Waals surface area contributed by atoms with Crippen molar-refractivity contribution in [2.75, 3.05) is 26.2 Å². The van der Waals surface area contributed by atoms with Crippen LogP contribution in [-0.4, -0.2) is 37.1 Å². The molecular weight excluding hydrogens is 244 g/mol. The summed E-state index contributed by atoms with van der Waals surface area (Å²) >= 11 is 0. The molecule has 1 N–H and O–H groups in total. The van der Waals surface area contributed by atoms with Crippen LogP contribution in [-0.2, 0) is 0 Å². The molecule has 0 aromatic carbocycles. The standard InChI is InChI=1S/C18H32N2/c1-2-20(17-4-3-5-19-12-17)13-18-9-14-6-15(10-18)8-16(7-14)11-18/h14-17,19H,2-13H2,1H3. The number of rotatable bonds is 4. The molecule has 2 nitrogen and oxygen atoms in total. The molecule has 4 bridgehead atoms. The largest absolute Gasteiger partial charge is 0.315 e. The predicted molar refractivity (Wildman–Crippen MR) is 83.7 cm³/mol. The fourth-order valence-corrected chi connectivity index (χ4v) is 6.56. The van der Waals surface area contributed by atoms with Crippen LogP contribution in [0.3, 0.4) is 0 Å². The van der Waals surface area contributed by atoms with Crippen molar-refractivity contribution in [3.05, 3.63) is 0 Å². The second-order valence-corrected chi connectivity index (χ2v) is 8.48. The molecule has 1 heterocycles. The molecule has 0 radical (unpaired) electrons. The first kappa shape index (κ1) is 13.6. The second kappa shape index (κ2) is 5.28. The normalized spacial score (nSPS) is 47.1. The maximum atomic E-state index is 3.62. The second-order valence-electron chi connectivity index (χ2n) is 8.48. The summed E-state index contributed by atoms with van der Waals surface area (Å²) in [5, 5.41) is 3.62. The quantitative estimate of drug-likeness (QED) is 0.848. The van der Waals surface area contributed by atoms with E-state index in [1.165, 1.54) is 39.0 Å². The van der Waals surface area contributed by atoms with E-state index in [0.29, 0.717) is 0 Å². The Balaban J connectivity index is 1.46. The third-order valence-electron chi connectivity index (χ3n) is 6.90. The van der Waals surface area contributed by atoms with Crippen molar-refractivity contribution >= 4 is 0 Å². The van der Waals surface area contributed by atoms with E-state index < -0.39 is 0 Å². The lowest BCUT2D eigenvalue weighted by molar-refractivity contribution is -0.0748. The fraction of sp³-hybridized carbons (Fsp3) is 1.00. The summed E-state index contributed by atoms with van der Waals surface area (Å²) in [6.07, 6.45) is 12.2. The average molecular weight is 276 g/mol. The first-order chi connectivity index (χ1) is 9.76. The van der Waals surface area contributed by atoms with E-state index in [2.05, 4.69) is 17.1 Å². The van der Waals surface area contributed by atoms with Gasteiger partial charge in [0, 0.05) is 19.1 Å². The van der Waals surface area contributed by atoms with Crippen molar-refractivity contribution in [2.45, 2.75) is 64.3 Å². The van der Waals surface area contributed by atoms with Crippen LogP contribution in [0.5, 0.6) is 0 Å². The summed E-state index contributed by atoms with van der Waals surface area (Å²) < 4.78 is 0. The van der Waals surface area contributed by atoms with Crippen molar-refractivity contribution in [3.63, 3.8) is 0 Å². The molecule has 0 aromatic heterocycles. The van der Waals surface area contributed by atoms with Crippen molar-refractivity contribution in [1.82, 2.24) is 10.2 Å². The van der Waals surface area contributed by atoms with Gasteiger partial charge in [0.05, 0.1) is 0 Å². The lowest BCUT2D eigenvalue weighted by Crippen LogP contribution is -2.55. The number of piperidine rings is 1. The molecule has 1 saturated heterocycles. The minimum Gasteiger partial charge on any atom is -0.315 e. The molecule has 1 atom stereocenters. The van der Waals surface area contributed by atoms with E-state index >= 15 is 0 Å². The topological polar surface area (TPSA) is 15.3 Å². The number of nitrogens with one attached hydrogen (secondary N) is 1. The molecule has 0 amide bonds. The Hall–Kier alpha value is -0.0800. The van der Waals surface area contributed by atoms with E-state index in [-0.39, 0.29) is 0 Å². The van der Waals surface area contributed by atoms with Gasteiger partial charge in [-0.3, -0.25) is 4.90 Å². The molecule has 2 heteroatoms. The molecule has 1 aliphatic heterocycles. The van der Waals surface area contributed by atoms with Gasteiger partial charge in [0.2, 0.25) is 0 Å². The van der Waals surface area contributed by atoms with Crippen LogP contribution < -0.4 is 5.32 Å². The lowest BCUT2D eigenvalue weighted by Gasteiger charge is -2.58. The highest BCUT2D eigenvalue weighted by Gasteiger charge is 2.51. The Labute approximate surface area is 124 Å². The summed E-state index contributed by atoms with van der Waals surface area (Å²) in [6, 6.07) is 0.821. The van der Waals surface area contributed by atoms with Crippen LogP contribution in [0.15, 0.2) is 0 Å². The van der Waals surface area contributed by atoms with Crippen LogP contribution in [0, 0.1) is 23.2 Å². The Kier molecular flexibility index (Phi) is 3.58. The number of hydrogen-bond acceptors (Lipinski definition) is 2. The Bertz CT molecular complexity index is 310. The van der Waals surface area contributed by atoms with E-state index in [4.69, 9.17) is 0 Å². The Morgan fingerprint density at radius 1 is 1.05 bits per heavy atom. The van der Waals surface area contributed by atoms with Crippen LogP contribution in [0.25, 0.3) is 0 Å². The van der Waals surface area contributed by atoms with E-state index in [1.807, 2.05) is 0 Å². The van der Waals surface area contributed by atoms with Gasteiger partial charge in [-0.15, -0.1) is 0 Å². The summed E-state index contributed by atoms with van der Waals surface area (Å²) in [5.74, 6) is 3.30. The summed E-state index contributed by atoms with van der Waals surface area (Å²) in [4.78, 5) is 2.85. The maximum absolute atomic E-state index is 3.62. The monoisotopic (exact) mass is 276 g/mol. The third kappa shape index (κ3) is 2.43. The van der Waals surface area contributed by atoms with Gasteiger partial charge >= 0.3 is 0 Å². The zero-order valence-corrected chi connectivity index (χ0v) is 13.2. The van der Waals surface area contributed by atoms with Gasteiger partial charge < -0.3 is 5.32 Å². The van der Waals surface area contributed by atoms with Gasteiger partial charge in [-0.2, -0.15) is 0 Å². The summed E-state index contributed by atoms with van der Waals surface area (Å²) in [7, 11) is 0. The number of nitrogens with zero attached hydrogens (tertiary/aromatic N) is 1. The minimum absolute atomic E-state index is 0.724. The average Bonchev–Trinajstić information content (AvgIpc) is 2.44. The van der Waals surface area contributed by atoms with Crippen molar-refractivity contribution in [3.8, 4) is 0 Å². The smallest absolute Gasteiger partial charge is 0.0221 e. The molecule has 5 aliphatic rings. The van der Waals surface area contributed by atoms with E-state index in [1.54, 1.807) is 38.5 Å². The van der Waals surface area contributed by atoms with Crippen LogP contribution in [0.1, 0.15) is 58.3 Å². The molecule has 1 unspecified atom stereocenters. The first-order valence-corrected chi connectivity index (χ1v) is 9.21. The van der Waals surface area contributed by atoms with Crippen LogP contribution in [0.4, 0.5) is 0 Å². The molecule has 5 rings (SSSR count). The maximum Gasteiger partial charge on any atom is 0.0221 e. The minimum atomic E-state index is 0.724. The number of likely N-dealkylation sites (N-methyl/N-ethyl adjacent to an activating group) is 1. The molecule has 0 spiro atoms. The van der Waals surface area contributed by atoms with Gasteiger partial charge in [-0.05, 0) is 87.6 Å². The SMILES string of the molecule is CCN(CC12CC3CC(CC(C3)C1)C2)C1CCCNC1.